The van der Waals surface area contributed by atoms with Gasteiger partial charge in [-0.2, -0.15) is 0 Å². The average molecular weight is 400 g/mol. The largest absolute Gasteiger partial charge is 1.00 e. The van der Waals surface area contributed by atoms with Crippen LogP contribution in [0.5, 0.6) is 0 Å². The summed E-state index contributed by atoms with van der Waals surface area (Å²) in [5.41, 5.74) is 2.20. The monoisotopic (exact) mass is 399 g/mol. The van der Waals surface area contributed by atoms with Crippen LogP contribution in [-0.2, 0) is 10.2 Å². The predicted molar refractivity (Wildman–Crippen MR) is 113 cm³/mol. The molecule has 2 aromatic rings. The fourth-order valence-corrected chi connectivity index (χ4v) is 4.27. The molecule has 2 aromatic carbocycles. The molecule has 3 atom stereocenters. The molecule has 4 heteroatoms. The van der Waals surface area contributed by atoms with E-state index in [1.54, 1.807) is 6.21 Å². The summed E-state index contributed by atoms with van der Waals surface area (Å²) in [5, 5.41) is 12.4. The fourth-order valence-electron chi connectivity index (χ4n) is 4.27. The Labute approximate surface area is 197 Å². The molecule has 3 nitrogen and oxygen atoms in total. The van der Waals surface area contributed by atoms with E-state index in [9.17, 15) is 5.11 Å². The third-order valence-corrected chi connectivity index (χ3v) is 5.97. The minimum absolute atomic E-state index is 0. The first kappa shape index (κ1) is 23.7. The van der Waals surface area contributed by atoms with Gasteiger partial charge in [0, 0.05) is 18.5 Å². The Morgan fingerprint density at radius 3 is 2.31 bits per heavy atom. The van der Waals surface area contributed by atoms with Crippen LogP contribution in [0, 0.1) is 11.8 Å². The maximum absolute atomic E-state index is 12.4. The Kier molecular flexibility index (Phi) is 9.01. The van der Waals surface area contributed by atoms with Crippen LogP contribution in [-0.4, -0.2) is 12.3 Å². The van der Waals surface area contributed by atoms with Crippen molar-refractivity contribution in [2.45, 2.75) is 51.6 Å². The van der Waals surface area contributed by atoms with E-state index in [1.807, 2.05) is 36.4 Å². The average Bonchev–Trinajstić information content (AvgIpc) is 2.69. The maximum Gasteiger partial charge on any atom is 1.00 e. The second kappa shape index (κ2) is 11.0. The van der Waals surface area contributed by atoms with E-state index in [0.29, 0.717) is 11.8 Å². The summed E-state index contributed by atoms with van der Waals surface area (Å²) in [6.07, 6.45) is 6.02. The Morgan fingerprint density at radius 2 is 1.66 bits per heavy atom. The minimum atomic E-state index is -0.361. The molecule has 1 aliphatic rings. The molecule has 3 rings (SSSR count). The third kappa shape index (κ3) is 6.47. The van der Waals surface area contributed by atoms with E-state index >= 15 is 0 Å². The van der Waals surface area contributed by atoms with Crippen molar-refractivity contribution in [1.29, 1.82) is 0 Å². The molecule has 148 valence electrons. The van der Waals surface area contributed by atoms with Crippen LogP contribution in [0.15, 0.2) is 77.8 Å². The number of nitrogens with zero attached hydrogens (tertiary/aromatic N) is 1. The van der Waals surface area contributed by atoms with Gasteiger partial charge in [0.25, 0.3) is 0 Å². The van der Waals surface area contributed by atoms with Gasteiger partial charge in [0.05, 0.1) is 5.95 Å². The van der Waals surface area contributed by atoms with Crippen molar-refractivity contribution in [1.82, 2.24) is 0 Å². The van der Waals surface area contributed by atoms with E-state index in [0.717, 1.165) is 18.4 Å². The van der Waals surface area contributed by atoms with Gasteiger partial charge in [-0.15, -0.1) is 0 Å². The molecule has 0 unspecified atom stereocenters. The van der Waals surface area contributed by atoms with Gasteiger partial charge in [-0.25, -0.2) is 0 Å². The molecule has 0 radical (unpaired) electrons. The van der Waals surface area contributed by atoms with Crippen molar-refractivity contribution in [3.05, 3.63) is 83.9 Å². The van der Waals surface area contributed by atoms with Gasteiger partial charge in [0.1, 0.15) is 0 Å². The standard InChI is InChI=1S/C25H31NO2.Na/c1-19-14-15-22(25(2,3)21-12-8-5-9-13-21)23(16-19)28-24(27)18-26-17-20-10-6-4-7-11-20;/h4-13,17-19,22-23,27H,14-16H2,1-3H3;/q;+1/p-1/b24-18+,26-17?;/t19-,22-,23-;/m0./s1. The first-order valence-electron chi connectivity index (χ1n) is 10.1. The number of ether oxygens (including phenoxy) is 1. The zero-order valence-electron chi connectivity index (χ0n) is 18.0. The predicted octanol–water partition coefficient (Wildman–Crippen LogP) is 2.07. The Morgan fingerprint density at radius 1 is 1.03 bits per heavy atom. The number of hydrogen-bond donors (Lipinski definition) is 0. The van der Waals surface area contributed by atoms with Crippen molar-refractivity contribution < 1.29 is 39.4 Å². The molecule has 0 N–H and O–H groups in total. The second-order valence-corrected chi connectivity index (χ2v) is 8.41. The number of benzene rings is 2. The molecule has 1 aliphatic carbocycles. The molecule has 0 heterocycles. The molecule has 1 fully saturated rings. The van der Waals surface area contributed by atoms with E-state index in [2.05, 4.69) is 50.0 Å². The van der Waals surface area contributed by atoms with Gasteiger partial charge < -0.3 is 9.84 Å². The van der Waals surface area contributed by atoms with Crippen LogP contribution in [0.4, 0.5) is 0 Å². The third-order valence-electron chi connectivity index (χ3n) is 5.97. The zero-order valence-corrected chi connectivity index (χ0v) is 20.0. The van der Waals surface area contributed by atoms with Crippen LogP contribution < -0.4 is 34.7 Å². The first-order valence-corrected chi connectivity index (χ1v) is 10.1. The van der Waals surface area contributed by atoms with Gasteiger partial charge in [-0.1, -0.05) is 87.9 Å². The molecular formula is C25H30NNaO2. The van der Waals surface area contributed by atoms with Crippen LogP contribution in [0.3, 0.4) is 0 Å². The summed E-state index contributed by atoms with van der Waals surface area (Å²) in [6.45, 7) is 6.77. The van der Waals surface area contributed by atoms with Crippen LogP contribution in [0.2, 0.25) is 0 Å². The molecule has 0 spiro atoms. The maximum atomic E-state index is 12.4. The minimum Gasteiger partial charge on any atom is -0.609 e. The van der Waals surface area contributed by atoms with Crippen molar-refractivity contribution in [3.8, 4) is 0 Å². The van der Waals surface area contributed by atoms with Gasteiger partial charge in [-0.05, 0) is 41.2 Å². The van der Waals surface area contributed by atoms with Crippen molar-refractivity contribution in [2.24, 2.45) is 16.8 Å². The Balaban J connectivity index is 0.00000300. The van der Waals surface area contributed by atoms with Crippen LogP contribution in [0.1, 0.15) is 51.2 Å². The number of hydrogen-bond acceptors (Lipinski definition) is 3. The summed E-state index contributed by atoms with van der Waals surface area (Å²) < 4.78 is 5.91. The molecule has 0 aromatic heterocycles. The SMILES string of the molecule is C[C@H]1CC[C@H](C(C)(C)c2ccccc2)[C@@H](O/C([O-])=C/N=Cc2ccccc2)C1.[Na+]. The van der Waals surface area contributed by atoms with E-state index < -0.39 is 0 Å². The van der Waals surface area contributed by atoms with Crippen molar-refractivity contribution in [3.63, 3.8) is 0 Å². The normalized spacial score (nSPS) is 22.9. The van der Waals surface area contributed by atoms with Gasteiger partial charge in [-0.3, -0.25) is 4.99 Å². The molecule has 1 saturated carbocycles. The zero-order chi connectivity index (χ0) is 20.0. The molecule has 0 bridgehead atoms. The fraction of sp³-hybridized carbons (Fsp3) is 0.400. The Hall–Kier alpha value is -1.55. The van der Waals surface area contributed by atoms with E-state index in [-0.39, 0.29) is 47.0 Å². The molecule has 29 heavy (non-hydrogen) atoms. The van der Waals surface area contributed by atoms with E-state index in [1.165, 1.54) is 18.2 Å². The number of rotatable bonds is 6. The summed E-state index contributed by atoms with van der Waals surface area (Å²) >= 11 is 0. The quantitative estimate of drug-likeness (QED) is 0.424. The number of aliphatic imine (C=N–C) groups is 1. The Bertz CT molecular complexity index is 802. The summed E-state index contributed by atoms with van der Waals surface area (Å²) in [7, 11) is 0. The van der Waals surface area contributed by atoms with Crippen LogP contribution in [0.25, 0.3) is 0 Å². The summed E-state index contributed by atoms with van der Waals surface area (Å²) in [6, 6.07) is 20.3. The molecule has 0 aliphatic heterocycles. The topological polar surface area (TPSA) is 44.6 Å². The second-order valence-electron chi connectivity index (χ2n) is 8.41. The van der Waals surface area contributed by atoms with Gasteiger partial charge in [0.2, 0.25) is 0 Å². The van der Waals surface area contributed by atoms with Crippen LogP contribution >= 0.6 is 0 Å². The van der Waals surface area contributed by atoms with Crippen molar-refractivity contribution >= 4 is 6.21 Å². The van der Waals surface area contributed by atoms with Crippen molar-refractivity contribution in [2.75, 3.05) is 0 Å². The summed E-state index contributed by atoms with van der Waals surface area (Å²) in [4.78, 5) is 4.15. The van der Waals surface area contributed by atoms with Gasteiger partial charge in [0.15, 0.2) is 0 Å². The smallest absolute Gasteiger partial charge is 0.609 e. The van der Waals surface area contributed by atoms with Gasteiger partial charge >= 0.3 is 29.6 Å². The molecule has 0 amide bonds. The summed E-state index contributed by atoms with van der Waals surface area (Å²) in [5.74, 6) is 0.495. The first-order chi connectivity index (χ1) is 13.5. The molecular weight excluding hydrogens is 369 g/mol. The van der Waals surface area contributed by atoms with E-state index in [4.69, 9.17) is 4.74 Å². The molecule has 0 saturated heterocycles.